The topological polar surface area (TPSA) is 36.4 Å². The van der Waals surface area contributed by atoms with Gasteiger partial charge in [0, 0.05) is 49.9 Å². The summed E-state index contributed by atoms with van der Waals surface area (Å²) in [5, 5.41) is 4.10. The van der Waals surface area contributed by atoms with Gasteiger partial charge in [0.25, 0.3) is 5.91 Å². The molecule has 0 spiro atoms. The summed E-state index contributed by atoms with van der Waals surface area (Å²) >= 11 is 1.65. The van der Waals surface area contributed by atoms with Gasteiger partial charge in [-0.25, -0.2) is 0 Å². The Kier molecular flexibility index (Phi) is 5.08. The molecule has 0 aliphatic carbocycles. The van der Waals surface area contributed by atoms with Gasteiger partial charge in [0.1, 0.15) is 0 Å². The van der Waals surface area contributed by atoms with E-state index >= 15 is 0 Å². The van der Waals surface area contributed by atoms with Gasteiger partial charge in [-0.15, -0.1) is 0 Å². The molecule has 1 aliphatic heterocycles. The fraction of sp³-hybridized carbons (Fsp3) is 0.444. The lowest BCUT2D eigenvalue weighted by molar-refractivity contribution is 0.0623. The molecule has 0 atom stereocenters. The van der Waals surface area contributed by atoms with Gasteiger partial charge in [0.05, 0.1) is 11.3 Å². The number of amides is 1. The second-order valence-electron chi connectivity index (χ2n) is 6.43. The van der Waals surface area contributed by atoms with Crippen molar-refractivity contribution in [3.8, 4) is 11.3 Å². The predicted octanol–water partition coefficient (Wildman–Crippen LogP) is 3.22. The van der Waals surface area contributed by atoms with E-state index in [1.807, 2.05) is 28.5 Å². The van der Waals surface area contributed by atoms with Crippen LogP contribution in [0, 0.1) is 5.92 Å². The molecule has 0 radical (unpaired) electrons. The van der Waals surface area contributed by atoms with E-state index in [1.165, 1.54) is 0 Å². The predicted molar refractivity (Wildman–Crippen MR) is 94.7 cm³/mol. The normalized spacial score (nSPS) is 16.0. The van der Waals surface area contributed by atoms with Gasteiger partial charge in [0.2, 0.25) is 0 Å². The summed E-state index contributed by atoms with van der Waals surface area (Å²) in [6, 6.07) is 5.87. The number of hydrogen-bond acceptors (Lipinski definition) is 4. The minimum Gasteiger partial charge on any atom is -0.336 e. The SMILES string of the molecule is CC(C)CN1CCN(C(=O)c2ccc(-c3ccsc3)nc2)CC1. The minimum absolute atomic E-state index is 0.0959. The Bertz CT molecular complexity index is 629. The van der Waals surface area contributed by atoms with E-state index in [9.17, 15) is 4.79 Å². The molecule has 1 fully saturated rings. The fourth-order valence-corrected chi connectivity index (χ4v) is 3.58. The van der Waals surface area contributed by atoms with E-state index in [-0.39, 0.29) is 5.91 Å². The monoisotopic (exact) mass is 329 g/mol. The van der Waals surface area contributed by atoms with Crippen LogP contribution in [0.15, 0.2) is 35.2 Å². The van der Waals surface area contributed by atoms with E-state index in [2.05, 4.69) is 29.1 Å². The van der Waals surface area contributed by atoms with Crippen molar-refractivity contribution in [2.24, 2.45) is 5.92 Å². The van der Waals surface area contributed by atoms with E-state index < -0.39 is 0 Å². The highest BCUT2D eigenvalue weighted by Crippen LogP contribution is 2.20. The van der Waals surface area contributed by atoms with E-state index in [0.29, 0.717) is 11.5 Å². The largest absolute Gasteiger partial charge is 0.336 e. The first-order valence-electron chi connectivity index (χ1n) is 8.14. The number of rotatable bonds is 4. The van der Waals surface area contributed by atoms with Crippen molar-refractivity contribution >= 4 is 17.2 Å². The van der Waals surface area contributed by atoms with Crippen LogP contribution in [0.5, 0.6) is 0 Å². The van der Waals surface area contributed by atoms with Gasteiger partial charge >= 0.3 is 0 Å². The van der Waals surface area contributed by atoms with E-state index in [1.54, 1.807) is 17.5 Å². The van der Waals surface area contributed by atoms with Crippen LogP contribution in [-0.4, -0.2) is 53.4 Å². The third-order valence-corrected chi connectivity index (χ3v) is 4.79. The Morgan fingerprint density at radius 1 is 1.22 bits per heavy atom. The first-order chi connectivity index (χ1) is 11.1. The van der Waals surface area contributed by atoms with Gasteiger partial charge in [-0.05, 0) is 29.5 Å². The maximum absolute atomic E-state index is 12.6. The zero-order valence-electron chi connectivity index (χ0n) is 13.7. The third kappa shape index (κ3) is 3.98. The lowest BCUT2D eigenvalue weighted by Gasteiger charge is -2.35. The van der Waals surface area contributed by atoms with Crippen LogP contribution in [0.4, 0.5) is 0 Å². The number of nitrogens with zero attached hydrogens (tertiary/aromatic N) is 3. The van der Waals surface area contributed by atoms with Gasteiger partial charge in [-0.1, -0.05) is 13.8 Å². The number of pyridine rings is 1. The highest BCUT2D eigenvalue weighted by Gasteiger charge is 2.22. The summed E-state index contributed by atoms with van der Waals surface area (Å²) in [5.74, 6) is 0.768. The van der Waals surface area contributed by atoms with Crippen LogP contribution in [0.3, 0.4) is 0 Å². The Morgan fingerprint density at radius 3 is 2.57 bits per heavy atom. The molecule has 3 rings (SSSR count). The van der Waals surface area contributed by atoms with Gasteiger partial charge < -0.3 is 4.90 Å². The summed E-state index contributed by atoms with van der Waals surface area (Å²) in [6.45, 7) is 9.11. The maximum Gasteiger partial charge on any atom is 0.255 e. The molecule has 0 bridgehead atoms. The molecule has 2 aromatic heterocycles. The number of aromatic nitrogens is 1. The van der Waals surface area contributed by atoms with Crippen LogP contribution in [0.25, 0.3) is 11.3 Å². The molecule has 4 nitrogen and oxygen atoms in total. The molecule has 1 aliphatic rings. The second-order valence-corrected chi connectivity index (χ2v) is 7.21. The molecular weight excluding hydrogens is 306 g/mol. The van der Waals surface area contributed by atoms with Crippen molar-refractivity contribution in [3.05, 3.63) is 40.7 Å². The number of carbonyl (C=O) groups excluding carboxylic acids is 1. The quantitative estimate of drug-likeness (QED) is 0.864. The average molecular weight is 329 g/mol. The Hall–Kier alpha value is -1.72. The molecule has 0 unspecified atom stereocenters. The molecule has 23 heavy (non-hydrogen) atoms. The average Bonchev–Trinajstić information content (AvgIpc) is 3.09. The highest BCUT2D eigenvalue weighted by molar-refractivity contribution is 7.08. The molecule has 2 aromatic rings. The molecule has 3 heterocycles. The zero-order valence-corrected chi connectivity index (χ0v) is 14.6. The van der Waals surface area contributed by atoms with E-state index in [0.717, 1.165) is 44.0 Å². The summed E-state index contributed by atoms with van der Waals surface area (Å²) in [6.07, 6.45) is 1.70. The summed E-state index contributed by atoms with van der Waals surface area (Å²) in [7, 11) is 0. The molecule has 0 aromatic carbocycles. The second kappa shape index (κ2) is 7.23. The Morgan fingerprint density at radius 2 is 2.00 bits per heavy atom. The van der Waals surface area contributed by atoms with Crippen molar-refractivity contribution in [2.75, 3.05) is 32.7 Å². The lowest BCUT2D eigenvalue weighted by Crippen LogP contribution is -2.49. The van der Waals surface area contributed by atoms with Gasteiger partial charge in [-0.3, -0.25) is 14.7 Å². The summed E-state index contributed by atoms with van der Waals surface area (Å²) in [4.78, 5) is 21.4. The zero-order chi connectivity index (χ0) is 16.2. The smallest absolute Gasteiger partial charge is 0.255 e. The molecule has 0 saturated carbocycles. The summed E-state index contributed by atoms with van der Waals surface area (Å²) in [5.41, 5.74) is 2.71. The van der Waals surface area contributed by atoms with Crippen molar-refractivity contribution < 1.29 is 4.79 Å². The van der Waals surface area contributed by atoms with Crippen molar-refractivity contribution in [3.63, 3.8) is 0 Å². The highest BCUT2D eigenvalue weighted by atomic mass is 32.1. The molecule has 122 valence electrons. The third-order valence-electron chi connectivity index (χ3n) is 4.11. The van der Waals surface area contributed by atoms with Crippen LogP contribution < -0.4 is 0 Å². The number of hydrogen-bond donors (Lipinski definition) is 0. The molecule has 1 saturated heterocycles. The standard InChI is InChI=1S/C18H23N3OS/c1-14(2)12-20-6-8-21(9-7-20)18(22)15-3-4-17(19-11-15)16-5-10-23-13-16/h3-5,10-11,13-14H,6-9,12H2,1-2H3. The van der Waals surface area contributed by atoms with Crippen molar-refractivity contribution in [2.45, 2.75) is 13.8 Å². The number of piperazine rings is 1. The van der Waals surface area contributed by atoms with Crippen LogP contribution in [0.1, 0.15) is 24.2 Å². The number of carbonyl (C=O) groups is 1. The molecule has 0 N–H and O–H groups in total. The fourth-order valence-electron chi connectivity index (χ4n) is 2.93. The van der Waals surface area contributed by atoms with Crippen molar-refractivity contribution in [1.82, 2.24) is 14.8 Å². The van der Waals surface area contributed by atoms with Crippen LogP contribution in [0.2, 0.25) is 0 Å². The molecular formula is C18H23N3OS. The molecule has 5 heteroatoms. The molecule has 1 amide bonds. The summed E-state index contributed by atoms with van der Waals surface area (Å²) < 4.78 is 0. The van der Waals surface area contributed by atoms with Crippen LogP contribution >= 0.6 is 11.3 Å². The maximum atomic E-state index is 12.6. The van der Waals surface area contributed by atoms with Gasteiger partial charge in [0.15, 0.2) is 0 Å². The van der Waals surface area contributed by atoms with Crippen LogP contribution in [-0.2, 0) is 0 Å². The van der Waals surface area contributed by atoms with E-state index in [4.69, 9.17) is 0 Å². The number of thiophene rings is 1. The first-order valence-corrected chi connectivity index (χ1v) is 9.08. The first kappa shape index (κ1) is 16.1. The van der Waals surface area contributed by atoms with Crippen molar-refractivity contribution in [1.29, 1.82) is 0 Å². The van der Waals surface area contributed by atoms with Gasteiger partial charge in [-0.2, -0.15) is 11.3 Å². The lowest BCUT2D eigenvalue weighted by atomic mass is 10.1. The Labute approximate surface area is 141 Å². The Balaban J connectivity index is 1.60. The minimum atomic E-state index is 0.0959.